The summed E-state index contributed by atoms with van der Waals surface area (Å²) in [5.41, 5.74) is 0. The summed E-state index contributed by atoms with van der Waals surface area (Å²) in [5.74, 6) is 0. The standard InChI is InChI=1S/C12H23NO/c1-2-3-4-8-12-10-11-7-5-6-9-13(11)14-12/h11-12H,2-10H2,1H3/t11-,12-/m1/s1. The van der Waals surface area contributed by atoms with Gasteiger partial charge >= 0.3 is 0 Å². The van der Waals surface area contributed by atoms with Crippen LogP contribution >= 0.6 is 0 Å². The van der Waals surface area contributed by atoms with Crippen molar-refractivity contribution >= 4 is 0 Å². The lowest BCUT2D eigenvalue weighted by Crippen LogP contribution is -2.32. The second-order valence-corrected chi connectivity index (χ2v) is 4.75. The Bertz CT molecular complexity index is 158. The summed E-state index contributed by atoms with van der Waals surface area (Å²) in [6.07, 6.45) is 11.3. The molecule has 2 fully saturated rings. The molecule has 0 N–H and O–H groups in total. The molecule has 2 rings (SSSR count). The van der Waals surface area contributed by atoms with Crippen molar-refractivity contribution in [1.82, 2.24) is 5.06 Å². The number of hydroxylamine groups is 2. The van der Waals surface area contributed by atoms with Crippen LogP contribution < -0.4 is 0 Å². The molecule has 2 aliphatic heterocycles. The van der Waals surface area contributed by atoms with E-state index in [4.69, 9.17) is 4.84 Å². The Labute approximate surface area is 87.6 Å². The van der Waals surface area contributed by atoms with E-state index < -0.39 is 0 Å². The minimum Gasteiger partial charge on any atom is -0.295 e. The monoisotopic (exact) mass is 197 g/mol. The minimum atomic E-state index is 0.546. The molecule has 2 heterocycles. The number of hydrogen-bond acceptors (Lipinski definition) is 2. The van der Waals surface area contributed by atoms with E-state index in [1.807, 2.05) is 0 Å². The first-order valence-corrected chi connectivity index (χ1v) is 6.33. The first-order chi connectivity index (χ1) is 6.90. The predicted molar refractivity (Wildman–Crippen MR) is 58.0 cm³/mol. The van der Waals surface area contributed by atoms with E-state index in [9.17, 15) is 0 Å². The Morgan fingerprint density at radius 2 is 2.21 bits per heavy atom. The van der Waals surface area contributed by atoms with Crippen LogP contribution in [0.1, 0.15) is 58.3 Å². The molecule has 2 saturated heterocycles. The van der Waals surface area contributed by atoms with E-state index in [1.165, 1.54) is 57.9 Å². The molecule has 0 amide bonds. The van der Waals surface area contributed by atoms with E-state index in [-0.39, 0.29) is 0 Å². The van der Waals surface area contributed by atoms with Crippen molar-refractivity contribution in [1.29, 1.82) is 0 Å². The minimum absolute atomic E-state index is 0.546. The molecule has 0 unspecified atom stereocenters. The van der Waals surface area contributed by atoms with Crippen LogP contribution in [0.25, 0.3) is 0 Å². The van der Waals surface area contributed by atoms with Gasteiger partial charge in [0.15, 0.2) is 0 Å². The number of nitrogens with zero attached hydrogens (tertiary/aromatic N) is 1. The Balaban J connectivity index is 1.70. The van der Waals surface area contributed by atoms with Gasteiger partial charge in [0.25, 0.3) is 0 Å². The molecule has 0 aliphatic carbocycles. The van der Waals surface area contributed by atoms with E-state index in [1.54, 1.807) is 0 Å². The van der Waals surface area contributed by atoms with Crippen LogP contribution in [0.3, 0.4) is 0 Å². The highest BCUT2D eigenvalue weighted by atomic mass is 16.7. The average molecular weight is 197 g/mol. The maximum Gasteiger partial charge on any atom is 0.0809 e. The number of piperidine rings is 1. The third kappa shape index (κ3) is 2.48. The van der Waals surface area contributed by atoms with Gasteiger partial charge in [0, 0.05) is 12.6 Å². The lowest BCUT2D eigenvalue weighted by Gasteiger charge is -2.26. The van der Waals surface area contributed by atoms with Crippen LogP contribution in [-0.4, -0.2) is 23.8 Å². The summed E-state index contributed by atoms with van der Waals surface area (Å²) >= 11 is 0. The Hall–Kier alpha value is -0.0800. The van der Waals surface area contributed by atoms with Crippen molar-refractivity contribution in [3.8, 4) is 0 Å². The lowest BCUT2D eigenvalue weighted by molar-refractivity contribution is -0.172. The van der Waals surface area contributed by atoms with Crippen LogP contribution in [-0.2, 0) is 4.84 Å². The highest BCUT2D eigenvalue weighted by Crippen LogP contribution is 2.31. The zero-order valence-corrected chi connectivity index (χ0v) is 9.37. The molecule has 0 bridgehead atoms. The summed E-state index contributed by atoms with van der Waals surface area (Å²) in [4.78, 5) is 5.95. The quantitative estimate of drug-likeness (QED) is 0.642. The summed E-state index contributed by atoms with van der Waals surface area (Å²) in [6, 6.07) is 0.760. The fourth-order valence-corrected chi connectivity index (χ4v) is 2.68. The molecule has 2 nitrogen and oxygen atoms in total. The number of hydrogen-bond donors (Lipinski definition) is 0. The van der Waals surface area contributed by atoms with Gasteiger partial charge in [0.2, 0.25) is 0 Å². The molecular weight excluding hydrogens is 174 g/mol. The number of rotatable bonds is 4. The Kier molecular flexibility index (Phi) is 3.82. The lowest BCUT2D eigenvalue weighted by atomic mass is 9.98. The first-order valence-electron chi connectivity index (χ1n) is 6.33. The van der Waals surface area contributed by atoms with E-state index in [2.05, 4.69) is 12.0 Å². The molecular formula is C12H23NO. The second kappa shape index (κ2) is 5.13. The summed E-state index contributed by atoms with van der Waals surface area (Å²) in [5, 5.41) is 2.26. The summed E-state index contributed by atoms with van der Waals surface area (Å²) in [6.45, 7) is 3.44. The van der Waals surface area contributed by atoms with Gasteiger partial charge in [-0.15, -0.1) is 0 Å². The molecule has 14 heavy (non-hydrogen) atoms. The molecule has 0 radical (unpaired) electrons. The van der Waals surface area contributed by atoms with Gasteiger partial charge < -0.3 is 0 Å². The fourth-order valence-electron chi connectivity index (χ4n) is 2.68. The third-order valence-corrected chi connectivity index (χ3v) is 3.52. The van der Waals surface area contributed by atoms with Crippen LogP contribution in [0, 0.1) is 0 Å². The molecule has 82 valence electrons. The molecule has 0 aromatic rings. The van der Waals surface area contributed by atoms with Gasteiger partial charge in [-0.25, -0.2) is 0 Å². The van der Waals surface area contributed by atoms with Gasteiger partial charge in [-0.1, -0.05) is 32.6 Å². The van der Waals surface area contributed by atoms with E-state index in [0.717, 1.165) is 6.04 Å². The number of fused-ring (bicyclic) bond motifs is 1. The molecule has 0 aromatic heterocycles. The van der Waals surface area contributed by atoms with Crippen molar-refractivity contribution in [3.63, 3.8) is 0 Å². The third-order valence-electron chi connectivity index (χ3n) is 3.52. The van der Waals surface area contributed by atoms with Gasteiger partial charge in [-0.05, 0) is 25.7 Å². The van der Waals surface area contributed by atoms with Crippen molar-refractivity contribution in [2.24, 2.45) is 0 Å². The fraction of sp³-hybridized carbons (Fsp3) is 1.00. The van der Waals surface area contributed by atoms with E-state index >= 15 is 0 Å². The summed E-state index contributed by atoms with van der Waals surface area (Å²) < 4.78 is 0. The molecule has 0 aromatic carbocycles. The van der Waals surface area contributed by atoms with Gasteiger partial charge in [0.05, 0.1) is 6.10 Å². The number of unbranched alkanes of at least 4 members (excludes halogenated alkanes) is 2. The van der Waals surface area contributed by atoms with Gasteiger partial charge in [-0.2, -0.15) is 5.06 Å². The van der Waals surface area contributed by atoms with Crippen molar-refractivity contribution < 1.29 is 4.84 Å². The SMILES string of the molecule is CCCCC[C@@H]1C[C@H]2CCCCN2O1. The summed E-state index contributed by atoms with van der Waals surface area (Å²) in [7, 11) is 0. The maximum atomic E-state index is 5.95. The van der Waals surface area contributed by atoms with Crippen LogP contribution in [0.2, 0.25) is 0 Å². The van der Waals surface area contributed by atoms with Gasteiger partial charge in [0.1, 0.15) is 0 Å². The smallest absolute Gasteiger partial charge is 0.0809 e. The topological polar surface area (TPSA) is 12.5 Å². The predicted octanol–water partition coefficient (Wildman–Crippen LogP) is 3.13. The molecule has 0 saturated carbocycles. The van der Waals surface area contributed by atoms with Gasteiger partial charge in [-0.3, -0.25) is 4.84 Å². The molecule has 0 spiro atoms. The largest absolute Gasteiger partial charge is 0.295 e. The second-order valence-electron chi connectivity index (χ2n) is 4.75. The zero-order valence-electron chi connectivity index (χ0n) is 9.37. The Morgan fingerprint density at radius 3 is 3.00 bits per heavy atom. The van der Waals surface area contributed by atoms with Crippen molar-refractivity contribution in [3.05, 3.63) is 0 Å². The highest BCUT2D eigenvalue weighted by Gasteiger charge is 2.34. The van der Waals surface area contributed by atoms with Crippen molar-refractivity contribution in [2.75, 3.05) is 6.54 Å². The normalized spacial score (nSPS) is 33.2. The maximum absolute atomic E-state index is 5.95. The average Bonchev–Trinajstić information content (AvgIpc) is 2.60. The van der Waals surface area contributed by atoms with E-state index in [0.29, 0.717) is 6.10 Å². The highest BCUT2D eigenvalue weighted by molar-refractivity contribution is 4.80. The van der Waals surface area contributed by atoms with Crippen LogP contribution in [0.4, 0.5) is 0 Å². The van der Waals surface area contributed by atoms with Crippen LogP contribution in [0.5, 0.6) is 0 Å². The molecule has 2 atom stereocenters. The zero-order chi connectivity index (χ0) is 9.80. The van der Waals surface area contributed by atoms with Crippen molar-refractivity contribution in [2.45, 2.75) is 70.4 Å². The Morgan fingerprint density at radius 1 is 1.29 bits per heavy atom. The van der Waals surface area contributed by atoms with Crippen LogP contribution in [0.15, 0.2) is 0 Å². The first kappa shape index (κ1) is 10.4. The molecule has 2 aliphatic rings. The molecule has 2 heteroatoms.